The molecule has 2 aromatic rings. The second-order valence-electron chi connectivity index (χ2n) is 7.01. The van der Waals surface area contributed by atoms with E-state index < -0.39 is 26.5 Å². The Morgan fingerprint density at radius 3 is 2.27 bits per heavy atom. The van der Waals surface area contributed by atoms with Crippen LogP contribution in [0.25, 0.3) is 0 Å². The summed E-state index contributed by atoms with van der Waals surface area (Å²) in [4.78, 5) is 23.8. The quantitative estimate of drug-likeness (QED) is 0.431. The van der Waals surface area contributed by atoms with Crippen molar-refractivity contribution in [2.24, 2.45) is 0 Å². The molecule has 3 rings (SSSR count). The third kappa shape index (κ3) is 4.68. The summed E-state index contributed by atoms with van der Waals surface area (Å²) >= 11 is 6.14. The highest BCUT2D eigenvalue weighted by Gasteiger charge is 2.33. The van der Waals surface area contributed by atoms with Gasteiger partial charge < -0.3 is 19.5 Å². The Bertz CT molecular complexity index is 1200. The largest absolute Gasteiger partial charge is 0.493 e. The zero-order valence-electron chi connectivity index (χ0n) is 18.1. The summed E-state index contributed by atoms with van der Waals surface area (Å²) in [7, 11) is -0.0811. The molecule has 33 heavy (non-hydrogen) atoms. The summed E-state index contributed by atoms with van der Waals surface area (Å²) in [5.74, 6) is -1.18. The van der Waals surface area contributed by atoms with Gasteiger partial charge in [0.25, 0.3) is 5.91 Å². The molecule has 13 heteroatoms. The summed E-state index contributed by atoms with van der Waals surface area (Å²) < 4.78 is 42.6. The van der Waals surface area contributed by atoms with Crippen LogP contribution in [0, 0.1) is 10.1 Å². The van der Waals surface area contributed by atoms with Crippen LogP contribution in [0.4, 0.5) is 11.4 Å². The second-order valence-corrected chi connectivity index (χ2v) is 9.32. The summed E-state index contributed by atoms with van der Waals surface area (Å²) in [5, 5.41) is 14.2. The molecule has 0 aliphatic carbocycles. The van der Waals surface area contributed by atoms with Crippen molar-refractivity contribution in [3.05, 3.63) is 45.0 Å². The standard InChI is InChI=1S/C20H22ClN3O8S/c1-30-15-11-13(17(24(26)27)19(32-3)18(15)31-2)20(25)22-12-6-7-14(21)16(10-12)33(28,29)23-8-4-5-9-23/h6-7,10-11H,4-5,8-9H2,1-3H3,(H,22,25). The molecular formula is C20H22ClN3O8S. The number of halogens is 1. The normalized spacial score (nSPS) is 14.1. The van der Waals surface area contributed by atoms with Gasteiger partial charge in [-0.1, -0.05) is 11.6 Å². The summed E-state index contributed by atoms with van der Waals surface area (Å²) in [6.45, 7) is 0.764. The second kappa shape index (κ2) is 9.81. The Balaban J connectivity index is 2.04. The number of anilines is 1. The van der Waals surface area contributed by atoms with Crippen molar-refractivity contribution in [1.82, 2.24) is 4.31 Å². The van der Waals surface area contributed by atoms with Crippen LogP contribution in [-0.2, 0) is 10.0 Å². The van der Waals surface area contributed by atoms with Crippen LogP contribution in [0.1, 0.15) is 23.2 Å². The molecule has 0 bridgehead atoms. The number of nitrogens with zero attached hydrogens (tertiary/aromatic N) is 2. The van der Waals surface area contributed by atoms with Crippen molar-refractivity contribution in [2.75, 3.05) is 39.7 Å². The van der Waals surface area contributed by atoms with E-state index in [1.807, 2.05) is 0 Å². The van der Waals surface area contributed by atoms with Crippen molar-refractivity contribution >= 4 is 38.9 Å². The minimum Gasteiger partial charge on any atom is -0.493 e. The number of hydrogen-bond donors (Lipinski definition) is 1. The number of carbonyl (C=O) groups excluding carboxylic acids is 1. The minimum atomic E-state index is -3.86. The van der Waals surface area contributed by atoms with Gasteiger partial charge in [-0.2, -0.15) is 4.31 Å². The van der Waals surface area contributed by atoms with E-state index in [-0.39, 0.29) is 38.4 Å². The molecule has 1 aliphatic heterocycles. The van der Waals surface area contributed by atoms with Gasteiger partial charge in [-0.15, -0.1) is 0 Å². The van der Waals surface area contributed by atoms with Gasteiger partial charge in [-0.05, 0) is 31.0 Å². The van der Waals surface area contributed by atoms with E-state index in [9.17, 15) is 23.3 Å². The number of nitro groups is 1. The number of methoxy groups -OCH3 is 3. The van der Waals surface area contributed by atoms with Gasteiger partial charge in [0.2, 0.25) is 21.5 Å². The maximum absolute atomic E-state index is 13.0. The van der Waals surface area contributed by atoms with Gasteiger partial charge in [0.1, 0.15) is 10.5 Å². The lowest BCUT2D eigenvalue weighted by Gasteiger charge is -2.18. The van der Waals surface area contributed by atoms with Crippen LogP contribution in [0.2, 0.25) is 5.02 Å². The van der Waals surface area contributed by atoms with E-state index in [0.29, 0.717) is 13.1 Å². The van der Waals surface area contributed by atoms with Crippen LogP contribution in [0.5, 0.6) is 17.2 Å². The van der Waals surface area contributed by atoms with Gasteiger partial charge in [0.15, 0.2) is 5.75 Å². The Labute approximate surface area is 195 Å². The van der Waals surface area contributed by atoms with E-state index in [4.69, 9.17) is 25.8 Å². The van der Waals surface area contributed by atoms with Crippen LogP contribution in [-0.4, -0.2) is 58.0 Å². The molecule has 1 aliphatic rings. The molecule has 1 saturated heterocycles. The van der Waals surface area contributed by atoms with Crippen LogP contribution in [0.15, 0.2) is 29.2 Å². The number of nitro benzene ring substituents is 1. The molecule has 178 valence electrons. The summed E-state index contributed by atoms with van der Waals surface area (Å²) in [6, 6.07) is 5.10. The number of carbonyl (C=O) groups is 1. The van der Waals surface area contributed by atoms with Gasteiger partial charge in [0.05, 0.1) is 31.3 Å². The highest BCUT2D eigenvalue weighted by Crippen LogP contribution is 2.46. The average molecular weight is 500 g/mol. The van der Waals surface area contributed by atoms with E-state index in [0.717, 1.165) is 18.9 Å². The van der Waals surface area contributed by atoms with Crippen LogP contribution in [0.3, 0.4) is 0 Å². The smallest absolute Gasteiger partial charge is 0.327 e. The van der Waals surface area contributed by atoms with Crippen LogP contribution < -0.4 is 19.5 Å². The minimum absolute atomic E-state index is 0.00124. The predicted molar refractivity (Wildman–Crippen MR) is 120 cm³/mol. The number of sulfonamides is 1. The van der Waals surface area contributed by atoms with Crippen molar-refractivity contribution in [1.29, 1.82) is 0 Å². The lowest BCUT2D eigenvalue weighted by molar-refractivity contribution is -0.386. The number of benzene rings is 2. The van der Waals surface area contributed by atoms with Gasteiger partial charge in [-0.25, -0.2) is 8.42 Å². The molecule has 1 fully saturated rings. The molecule has 0 aromatic heterocycles. The molecule has 1 heterocycles. The molecule has 1 amide bonds. The molecule has 0 spiro atoms. The third-order valence-corrected chi connectivity index (χ3v) is 7.48. The Hall–Kier alpha value is -3.09. The molecule has 0 atom stereocenters. The number of amides is 1. The zero-order valence-corrected chi connectivity index (χ0v) is 19.7. The van der Waals surface area contributed by atoms with E-state index in [2.05, 4.69) is 5.32 Å². The molecule has 0 saturated carbocycles. The third-order valence-electron chi connectivity index (χ3n) is 5.10. The maximum atomic E-state index is 13.0. The Morgan fingerprint density at radius 1 is 1.09 bits per heavy atom. The van der Waals surface area contributed by atoms with Gasteiger partial charge in [0, 0.05) is 24.8 Å². The average Bonchev–Trinajstić information content (AvgIpc) is 3.34. The van der Waals surface area contributed by atoms with Crippen molar-refractivity contribution < 1.29 is 32.3 Å². The highest BCUT2D eigenvalue weighted by molar-refractivity contribution is 7.89. The van der Waals surface area contributed by atoms with E-state index in [1.54, 1.807) is 0 Å². The molecular weight excluding hydrogens is 478 g/mol. The fourth-order valence-electron chi connectivity index (χ4n) is 3.54. The first-order valence-corrected chi connectivity index (χ1v) is 11.6. The zero-order chi connectivity index (χ0) is 24.3. The van der Waals surface area contributed by atoms with Crippen molar-refractivity contribution in [3.8, 4) is 17.2 Å². The maximum Gasteiger partial charge on any atom is 0.327 e. The monoisotopic (exact) mass is 499 g/mol. The van der Waals surface area contributed by atoms with Gasteiger partial charge in [-0.3, -0.25) is 14.9 Å². The highest BCUT2D eigenvalue weighted by atomic mass is 35.5. The number of ether oxygens (including phenoxy) is 3. The Morgan fingerprint density at radius 2 is 1.73 bits per heavy atom. The first kappa shape index (κ1) is 24.6. The molecule has 0 radical (unpaired) electrons. The lowest BCUT2D eigenvalue weighted by atomic mass is 10.1. The fraction of sp³-hybridized carbons (Fsp3) is 0.350. The number of hydrogen-bond acceptors (Lipinski definition) is 8. The predicted octanol–water partition coefficient (Wildman–Crippen LogP) is 3.31. The number of nitrogens with one attached hydrogen (secondary N) is 1. The van der Waals surface area contributed by atoms with Crippen LogP contribution >= 0.6 is 11.6 Å². The van der Waals surface area contributed by atoms with Crippen molar-refractivity contribution in [2.45, 2.75) is 17.7 Å². The molecule has 11 nitrogen and oxygen atoms in total. The van der Waals surface area contributed by atoms with Crippen molar-refractivity contribution in [3.63, 3.8) is 0 Å². The van der Waals surface area contributed by atoms with E-state index >= 15 is 0 Å². The number of rotatable bonds is 8. The molecule has 1 N–H and O–H groups in total. The van der Waals surface area contributed by atoms with E-state index in [1.165, 1.54) is 43.8 Å². The summed E-state index contributed by atoms with van der Waals surface area (Å²) in [5.41, 5.74) is -0.912. The molecule has 2 aromatic carbocycles. The summed E-state index contributed by atoms with van der Waals surface area (Å²) in [6.07, 6.45) is 1.50. The lowest BCUT2D eigenvalue weighted by Crippen LogP contribution is -2.28. The Kier molecular flexibility index (Phi) is 7.30. The fourth-order valence-corrected chi connectivity index (χ4v) is 5.56. The first-order valence-electron chi connectivity index (χ1n) is 9.74. The molecule has 0 unspecified atom stereocenters. The van der Waals surface area contributed by atoms with Gasteiger partial charge >= 0.3 is 5.69 Å². The first-order chi connectivity index (χ1) is 15.6. The topological polar surface area (TPSA) is 137 Å². The SMILES string of the molecule is COc1cc(C(=O)Nc2ccc(Cl)c(S(=O)(=O)N3CCCC3)c2)c([N+](=O)[O-])c(OC)c1OC.